The molecule has 1 aliphatic heterocycles. The zero-order valence-corrected chi connectivity index (χ0v) is 22.5. The molecule has 2 fully saturated rings. The van der Waals surface area contributed by atoms with Crippen LogP contribution < -0.4 is 15.4 Å². The molecule has 0 radical (unpaired) electrons. The predicted molar refractivity (Wildman–Crippen MR) is 145 cm³/mol. The molecule has 2 aliphatic rings. The second kappa shape index (κ2) is 11.9. The number of sulfonamides is 1. The van der Waals surface area contributed by atoms with Gasteiger partial charge in [-0.25, -0.2) is 37.1 Å². The summed E-state index contributed by atoms with van der Waals surface area (Å²) in [6, 6.07) is 2.77. The van der Waals surface area contributed by atoms with Gasteiger partial charge in [-0.2, -0.15) is 0 Å². The van der Waals surface area contributed by atoms with Crippen LogP contribution in [0.4, 0.5) is 31.9 Å². The maximum absolute atomic E-state index is 15.2. The maximum atomic E-state index is 15.2. The standard InChI is InChI=1S/C25H32F2N8O3S/c1-2-13-39(36,37)34-19-8-7-18(26)22(21(19)27)32-24-23-20(29-15-30-24)14-28-25(33-23)31-16-3-5-17(6-4-16)35-9-11-38-12-10-35/h7-8,14-17,34H,2-6,9-13H2,1H3,(H,28,31,33)(H,29,30,32)/t16-,17-. The first kappa shape index (κ1) is 27.3. The van der Waals surface area contributed by atoms with Crippen molar-refractivity contribution in [2.75, 3.05) is 47.4 Å². The number of anilines is 4. The molecule has 210 valence electrons. The fourth-order valence-corrected chi connectivity index (χ4v) is 6.21. The van der Waals surface area contributed by atoms with Gasteiger partial charge in [0.1, 0.15) is 28.9 Å². The molecule has 1 aliphatic carbocycles. The monoisotopic (exact) mass is 562 g/mol. The zero-order chi connectivity index (χ0) is 27.4. The fourth-order valence-electron chi connectivity index (χ4n) is 5.08. The Labute approximate surface area is 225 Å². The number of nitrogens with one attached hydrogen (secondary N) is 3. The van der Waals surface area contributed by atoms with Gasteiger partial charge in [0.05, 0.1) is 30.9 Å². The Morgan fingerprint density at radius 3 is 2.59 bits per heavy atom. The van der Waals surface area contributed by atoms with Crippen LogP contribution in [-0.2, 0) is 14.8 Å². The second-order valence-electron chi connectivity index (χ2n) is 9.78. The van der Waals surface area contributed by atoms with E-state index >= 15 is 4.39 Å². The summed E-state index contributed by atoms with van der Waals surface area (Å²) in [4.78, 5) is 19.7. The van der Waals surface area contributed by atoms with Crippen molar-refractivity contribution in [3.05, 3.63) is 36.3 Å². The summed E-state index contributed by atoms with van der Waals surface area (Å²) in [6.07, 6.45) is 7.18. The van der Waals surface area contributed by atoms with Crippen LogP contribution in [0.2, 0.25) is 0 Å². The molecule has 39 heavy (non-hydrogen) atoms. The van der Waals surface area contributed by atoms with Crippen LogP contribution in [0.3, 0.4) is 0 Å². The van der Waals surface area contributed by atoms with Crippen molar-refractivity contribution < 1.29 is 21.9 Å². The van der Waals surface area contributed by atoms with Crippen molar-refractivity contribution in [2.24, 2.45) is 0 Å². The van der Waals surface area contributed by atoms with Crippen molar-refractivity contribution in [1.29, 1.82) is 0 Å². The van der Waals surface area contributed by atoms with E-state index in [9.17, 15) is 12.8 Å². The number of hydrogen-bond acceptors (Lipinski definition) is 10. The molecule has 1 saturated heterocycles. The Hall–Kier alpha value is -3.23. The largest absolute Gasteiger partial charge is 0.379 e. The van der Waals surface area contributed by atoms with Gasteiger partial charge in [-0.1, -0.05) is 6.92 Å². The van der Waals surface area contributed by atoms with Crippen LogP contribution >= 0.6 is 0 Å². The van der Waals surface area contributed by atoms with Crippen LogP contribution in [-0.4, -0.2) is 77.4 Å². The summed E-state index contributed by atoms with van der Waals surface area (Å²) in [5, 5.41) is 6.03. The van der Waals surface area contributed by atoms with Crippen molar-refractivity contribution in [3.63, 3.8) is 0 Å². The molecule has 14 heteroatoms. The van der Waals surface area contributed by atoms with Gasteiger partial charge in [0.15, 0.2) is 11.6 Å². The predicted octanol–water partition coefficient (Wildman–Crippen LogP) is 3.65. The van der Waals surface area contributed by atoms with Gasteiger partial charge in [-0.05, 0) is 44.2 Å². The van der Waals surface area contributed by atoms with Gasteiger partial charge in [0.25, 0.3) is 0 Å². The summed E-state index contributed by atoms with van der Waals surface area (Å²) < 4.78 is 61.8. The highest BCUT2D eigenvalue weighted by molar-refractivity contribution is 7.92. The van der Waals surface area contributed by atoms with Crippen LogP contribution in [0.1, 0.15) is 39.0 Å². The first-order chi connectivity index (χ1) is 18.8. The molecule has 3 aromatic rings. The number of rotatable bonds is 9. The van der Waals surface area contributed by atoms with Gasteiger partial charge in [0, 0.05) is 25.2 Å². The third-order valence-electron chi connectivity index (χ3n) is 7.04. The van der Waals surface area contributed by atoms with E-state index in [0.29, 0.717) is 23.9 Å². The molecule has 0 atom stereocenters. The van der Waals surface area contributed by atoms with Crippen LogP contribution in [0, 0.1) is 11.6 Å². The van der Waals surface area contributed by atoms with E-state index in [2.05, 4.69) is 40.2 Å². The van der Waals surface area contributed by atoms with Gasteiger partial charge in [-0.3, -0.25) is 9.62 Å². The minimum absolute atomic E-state index is 0.0628. The summed E-state index contributed by atoms with van der Waals surface area (Å²) in [6.45, 7) is 5.21. The van der Waals surface area contributed by atoms with E-state index in [4.69, 9.17) is 4.74 Å². The lowest BCUT2D eigenvalue weighted by Crippen LogP contribution is -2.46. The van der Waals surface area contributed by atoms with E-state index in [1.165, 1.54) is 12.5 Å². The molecular weight excluding hydrogens is 530 g/mol. The van der Waals surface area contributed by atoms with Crippen molar-refractivity contribution in [2.45, 2.75) is 51.1 Å². The van der Waals surface area contributed by atoms with E-state index in [0.717, 1.165) is 64.1 Å². The SMILES string of the molecule is CCCS(=O)(=O)Nc1ccc(F)c(Nc2ncnc3cnc(N[C@H]4CC[C@H](N5CCOCC5)CC4)nc23)c1F. The molecule has 1 saturated carbocycles. The van der Waals surface area contributed by atoms with Crippen LogP contribution in [0.5, 0.6) is 0 Å². The highest BCUT2D eigenvalue weighted by atomic mass is 32.2. The first-order valence-corrected chi connectivity index (χ1v) is 14.8. The lowest BCUT2D eigenvalue weighted by Gasteiger charge is -2.38. The molecule has 0 spiro atoms. The third-order valence-corrected chi connectivity index (χ3v) is 8.52. The number of aromatic nitrogens is 4. The Morgan fingerprint density at radius 2 is 1.85 bits per heavy atom. The number of benzene rings is 1. The topological polar surface area (TPSA) is 134 Å². The molecule has 0 amide bonds. The minimum atomic E-state index is -3.78. The molecule has 3 N–H and O–H groups in total. The van der Waals surface area contributed by atoms with Crippen molar-refractivity contribution in [3.8, 4) is 0 Å². The smallest absolute Gasteiger partial charge is 0.232 e. The Kier molecular flexibility index (Phi) is 8.33. The molecule has 0 unspecified atom stereocenters. The maximum Gasteiger partial charge on any atom is 0.232 e. The number of hydrogen-bond donors (Lipinski definition) is 3. The molecule has 2 aromatic heterocycles. The number of nitrogens with zero attached hydrogens (tertiary/aromatic N) is 5. The minimum Gasteiger partial charge on any atom is -0.379 e. The highest BCUT2D eigenvalue weighted by Crippen LogP contribution is 2.31. The molecule has 11 nitrogen and oxygen atoms in total. The summed E-state index contributed by atoms with van der Waals surface area (Å²) >= 11 is 0. The first-order valence-electron chi connectivity index (χ1n) is 13.1. The average molecular weight is 563 g/mol. The van der Waals surface area contributed by atoms with Crippen LogP contribution in [0.15, 0.2) is 24.7 Å². The van der Waals surface area contributed by atoms with Crippen molar-refractivity contribution >= 4 is 44.2 Å². The highest BCUT2D eigenvalue weighted by Gasteiger charge is 2.27. The number of morpholine rings is 1. The molecule has 3 heterocycles. The lowest BCUT2D eigenvalue weighted by atomic mass is 9.90. The second-order valence-corrected chi connectivity index (χ2v) is 11.6. The molecule has 0 bridgehead atoms. The Morgan fingerprint density at radius 1 is 1.08 bits per heavy atom. The van der Waals surface area contributed by atoms with Crippen molar-refractivity contribution in [1.82, 2.24) is 24.8 Å². The van der Waals surface area contributed by atoms with E-state index in [-0.39, 0.29) is 28.8 Å². The van der Waals surface area contributed by atoms with E-state index < -0.39 is 27.3 Å². The third kappa shape index (κ3) is 6.50. The summed E-state index contributed by atoms with van der Waals surface area (Å²) in [7, 11) is -3.78. The molecule has 5 rings (SSSR count). The van der Waals surface area contributed by atoms with Gasteiger partial charge in [0.2, 0.25) is 16.0 Å². The lowest BCUT2D eigenvalue weighted by molar-refractivity contribution is 0.00790. The van der Waals surface area contributed by atoms with Gasteiger partial charge >= 0.3 is 0 Å². The zero-order valence-electron chi connectivity index (χ0n) is 21.7. The average Bonchev–Trinajstić information content (AvgIpc) is 2.93. The van der Waals surface area contributed by atoms with E-state index in [1.54, 1.807) is 6.92 Å². The number of halogens is 2. The van der Waals surface area contributed by atoms with Gasteiger partial charge < -0.3 is 15.4 Å². The van der Waals surface area contributed by atoms with E-state index in [1.807, 2.05) is 0 Å². The summed E-state index contributed by atoms with van der Waals surface area (Å²) in [5.74, 6) is -1.76. The quantitative estimate of drug-likeness (QED) is 0.355. The normalized spacial score (nSPS) is 20.6. The number of fused-ring (bicyclic) bond motifs is 1. The summed E-state index contributed by atoms with van der Waals surface area (Å²) in [5.41, 5.74) is -0.265. The molecular formula is C25H32F2N8O3S. The Balaban J connectivity index is 1.32. The number of ether oxygens (including phenoxy) is 1. The molecule has 1 aromatic carbocycles. The fraction of sp³-hybridized carbons (Fsp3) is 0.520. The van der Waals surface area contributed by atoms with Crippen LogP contribution in [0.25, 0.3) is 11.0 Å². The Bertz CT molecular complexity index is 1410. The van der Waals surface area contributed by atoms with Gasteiger partial charge in [-0.15, -0.1) is 0 Å².